The molecule has 2 aromatic carbocycles. The third kappa shape index (κ3) is 8.82. The van der Waals surface area contributed by atoms with Crippen molar-refractivity contribution >= 4 is 29.5 Å². The first-order valence-electron chi connectivity index (χ1n) is 10.1. The summed E-state index contributed by atoms with van der Waals surface area (Å²) in [5, 5.41) is 14.3. The molecule has 0 saturated carbocycles. The molecule has 0 unspecified atom stereocenters. The molecule has 0 aliphatic rings. The van der Waals surface area contributed by atoms with Gasteiger partial charge in [0.05, 0.1) is 0 Å². The Balaban J connectivity index is 1.98. The number of thioether (sulfide) groups is 1. The first kappa shape index (κ1) is 24.4. The van der Waals surface area contributed by atoms with Crippen LogP contribution in [0.5, 0.6) is 0 Å². The summed E-state index contributed by atoms with van der Waals surface area (Å²) in [5.41, 5.74) is 5.04. The Bertz CT molecular complexity index is 869. The molecule has 3 amide bonds. The van der Waals surface area contributed by atoms with Gasteiger partial charge in [-0.2, -0.15) is 11.8 Å². The summed E-state index contributed by atoms with van der Waals surface area (Å²) < 4.78 is 0. The lowest BCUT2D eigenvalue weighted by molar-refractivity contribution is -0.129. The van der Waals surface area contributed by atoms with Gasteiger partial charge in [-0.15, -0.1) is 0 Å². The number of hydrogen-bond acceptors (Lipinski definition) is 5. The van der Waals surface area contributed by atoms with Crippen molar-refractivity contribution in [3.8, 4) is 0 Å². The molecule has 1 atom stereocenters. The van der Waals surface area contributed by atoms with Gasteiger partial charge in [-0.1, -0.05) is 47.5 Å². The Kier molecular flexibility index (Phi) is 10.1. The number of rotatable bonds is 11. The zero-order valence-corrected chi connectivity index (χ0v) is 18.6. The van der Waals surface area contributed by atoms with E-state index in [1.54, 1.807) is 17.6 Å². The van der Waals surface area contributed by atoms with Crippen molar-refractivity contribution < 1.29 is 19.6 Å². The molecule has 0 aromatic heterocycles. The normalized spacial score (nSPS) is 11.5. The summed E-state index contributed by atoms with van der Waals surface area (Å²) in [5.74, 6) is -0.0114. The third-order valence-electron chi connectivity index (χ3n) is 4.52. The molecule has 2 aromatic rings. The highest BCUT2D eigenvalue weighted by Gasteiger charge is 2.21. The molecule has 31 heavy (non-hydrogen) atoms. The fourth-order valence-electron chi connectivity index (χ4n) is 3.03. The van der Waals surface area contributed by atoms with E-state index in [0.717, 1.165) is 16.7 Å². The molecule has 0 fully saturated rings. The predicted molar refractivity (Wildman–Crippen MR) is 122 cm³/mol. The van der Waals surface area contributed by atoms with E-state index in [1.165, 1.54) is 11.8 Å². The van der Waals surface area contributed by atoms with Crippen molar-refractivity contribution in [2.24, 2.45) is 0 Å². The largest absolute Gasteiger partial charge is 0.350 e. The quantitative estimate of drug-likeness (QED) is 0.243. The Morgan fingerprint density at radius 3 is 2.35 bits per heavy atom. The average molecular weight is 444 g/mol. The fourth-order valence-corrected chi connectivity index (χ4v) is 4.02. The van der Waals surface area contributed by atoms with Gasteiger partial charge in [0.15, 0.2) is 0 Å². The molecule has 166 valence electrons. The van der Waals surface area contributed by atoms with E-state index in [0.29, 0.717) is 30.0 Å². The van der Waals surface area contributed by atoms with Crippen molar-refractivity contribution in [2.45, 2.75) is 39.3 Å². The summed E-state index contributed by atoms with van der Waals surface area (Å²) in [6.45, 7) is 4.22. The molecule has 0 aliphatic carbocycles. The fraction of sp³-hybridized carbons (Fsp3) is 0.348. The molecule has 0 aliphatic heterocycles. The molecule has 0 heterocycles. The first-order chi connectivity index (χ1) is 14.9. The van der Waals surface area contributed by atoms with E-state index >= 15 is 0 Å². The minimum atomic E-state index is -0.714. The van der Waals surface area contributed by atoms with Crippen LogP contribution < -0.4 is 16.1 Å². The van der Waals surface area contributed by atoms with Crippen LogP contribution in [0.3, 0.4) is 0 Å². The van der Waals surface area contributed by atoms with Gasteiger partial charge in [0.1, 0.15) is 6.04 Å². The van der Waals surface area contributed by atoms with Crippen LogP contribution in [0.25, 0.3) is 0 Å². The standard InChI is InChI=1S/C23H29N3O4S/c1-16-11-17(2)13-19(12-16)22(28)25-20(15-31-10-6-9-21(27)26-30)23(29)24-14-18-7-4-3-5-8-18/h3-5,7-8,11-13,20,30H,6,9-10,14-15H2,1-2H3,(H,24,29)(H,25,28)(H,26,27)/t20-/m0/s1. The third-order valence-corrected chi connectivity index (χ3v) is 5.66. The number of carbonyl (C=O) groups is 3. The maximum atomic E-state index is 12.8. The van der Waals surface area contributed by atoms with Crippen molar-refractivity contribution in [3.63, 3.8) is 0 Å². The summed E-state index contributed by atoms with van der Waals surface area (Å²) in [7, 11) is 0. The molecular weight excluding hydrogens is 414 g/mol. The van der Waals surface area contributed by atoms with E-state index in [1.807, 2.05) is 50.2 Å². The number of hydroxylamine groups is 1. The van der Waals surface area contributed by atoms with Gasteiger partial charge in [0.25, 0.3) is 5.91 Å². The van der Waals surface area contributed by atoms with Gasteiger partial charge in [-0.05, 0) is 43.7 Å². The minimum Gasteiger partial charge on any atom is -0.350 e. The van der Waals surface area contributed by atoms with Crippen LogP contribution in [0, 0.1) is 13.8 Å². The first-order valence-corrected chi connectivity index (χ1v) is 11.3. The smallest absolute Gasteiger partial charge is 0.251 e. The van der Waals surface area contributed by atoms with Crippen LogP contribution in [0.2, 0.25) is 0 Å². The highest BCUT2D eigenvalue weighted by atomic mass is 32.2. The van der Waals surface area contributed by atoms with Crippen LogP contribution >= 0.6 is 11.8 Å². The van der Waals surface area contributed by atoms with E-state index in [4.69, 9.17) is 5.21 Å². The van der Waals surface area contributed by atoms with Gasteiger partial charge in [-0.25, -0.2) is 5.48 Å². The van der Waals surface area contributed by atoms with Crippen LogP contribution in [-0.2, 0) is 16.1 Å². The lowest BCUT2D eigenvalue weighted by Crippen LogP contribution is -2.48. The lowest BCUT2D eigenvalue weighted by Gasteiger charge is -2.19. The zero-order valence-electron chi connectivity index (χ0n) is 17.8. The minimum absolute atomic E-state index is 0.198. The number of hydrogen-bond donors (Lipinski definition) is 4. The van der Waals surface area contributed by atoms with Crippen LogP contribution in [-0.4, -0.2) is 40.5 Å². The number of nitrogens with one attached hydrogen (secondary N) is 3. The Hall–Kier alpha value is -2.84. The predicted octanol–water partition coefficient (Wildman–Crippen LogP) is 2.74. The number of amides is 3. The van der Waals surface area contributed by atoms with Crippen molar-refractivity contribution in [3.05, 3.63) is 70.8 Å². The molecule has 8 heteroatoms. The Morgan fingerprint density at radius 2 is 1.71 bits per heavy atom. The summed E-state index contributed by atoms with van der Waals surface area (Å²) in [6, 6.07) is 14.4. The van der Waals surface area contributed by atoms with Gasteiger partial charge in [0, 0.05) is 24.3 Å². The molecule has 0 radical (unpaired) electrons. The van der Waals surface area contributed by atoms with Gasteiger partial charge < -0.3 is 10.6 Å². The molecule has 2 rings (SSSR count). The van der Waals surface area contributed by atoms with Gasteiger partial charge >= 0.3 is 0 Å². The van der Waals surface area contributed by atoms with Crippen molar-refractivity contribution in [2.75, 3.05) is 11.5 Å². The summed E-state index contributed by atoms with van der Waals surface area (Å²) in [4.78, 5) is 36.7. The topological polar surface area (TPSA) is 108 Å². The van der Waals surface area contributed by atoms with Gasteiger partial charge in [0.2, 0.25) is 11.8 Å². The van der Waals surface area contributed by atoms with Gasteiger partial charge in [-0.3, -0.25) is 19.6 Å². The van der Waals surface area contributed by atoms with Crippen molar-refractivity contribution in [1.82, 2.24) is 16.1 Å². The average Bonchev–Trinajstić information content (AvgIpc) is 2.76. The maximum Gasteiger partial charge on any atom is 0.251 e. The second-order valence-electron chi connectivity index (χ2n) is 7.32. The van der Waals surface area contributed by atoms with E-state index < -0.39 is 11.9 Å². The lowest BCUT2D eigenvalue weighted by atomic mass is 10.1. The molecule has 4 N–H and O–H groups in total. The van der Waals surface area contributed by atoms with E-state index in [-0.39, 0.29) is 18.2 Å². The second-order valence-corrected chi connectivity index (χ2v) is 8.47. The summed E-state index contributed by atoms with van der Waals surface area (Å²) in [6.07, 6.45) is 0.754. The van der Waals surface area contributed by atoms with Crippen LogP contribution in [0.4, 0.5) is 0 Å². The van der Waals surface area contributed by atoms with E-state index in [9.17, 15) is 14.4 Å². The molecule has 0 saturated heterocycles. The monoisotopic (exact) mass is 443 g/mol. The number of benzene rings is 2. The number of aryl methyl sites for hydroxylation is 2. The molecule has 0 bridgehead atoms. The highest BCUT2D eigenvalue weighted by molar-refractivity contribution is 7.99. The molecule has 7 nitrogen and oxygen atoms in total. The highest BCUT2D eigenvalue weighted by Crippen LogP contribution is 2.11. The van der Waals surface area contributed by atoms with Crippen LogP contribution in [0.1, 0.15) is 39.9 Å². The SMILES string of the molecule is Cc1cc(C)cc(C(=O)N[C@@H](CSCCCC(=O)NO)C(=O)NCc2ccccc2)c1. The number of carbonyl (C=O) groups excluding carboxylic acids is 3. The Morgan fingerprint density at radius 1 is 1.03 bits per heavy atom. The summed E-state index contributed by atoms with van der Waals surface area (Å²) >= 11 is 1.47. The maximum absolute atomic E-state index is 12.8. The van der Waals surface area contributed by atoms with Crippen molar-refractivity contribution in [1.29, 1.82) is 0 Å². The zero-order chi connectivity index (χ0) is 22.6. The Labute approximate surface area is 187 Å². The molecule has 0 spiro atoms. The van der Waals surface area contributed by atoms with Crippen LogP contribution in [0.15, 0.2) is 48.5 Å². The molecular formula is C23H29N3O4S. The second kappa shape index (κ2) is 12.8. The van der Waals surface area contributed by atoms with E-state index in [2.05, 4.69) is 10.6 Å².